The maximum atomic E-state index is 12.7. The van der Waals surface area contributed by atoms with Crippen LogP contribution in [0, 0.1) is 0 Å². The molecule has 4 heteroatoms. The predicted molar refractivity (Wildman–Crippen MR) is 82.9 cm³/mol. The average molecular weight is 334 g/mol. The molecule has 0 spiro atoms. The standard InChI is InChI=1S/C16H16BrNO2/c1-18-11-7-3-2-5-9(11)15-13(16(18)19)10-6-4-8-12(20-15)14(10)17/h2-3,5,7,10,12,14H,4,6,8H2,1H3/t10-,12-,14?/m1/s1. The first-order valence-electron chi connectivity index (χ1n) is 7.11. The lowest BCUT2D eigenvalue weighted by Gasteiger charge is -2.40. The van der Waals surface area contributed by atoms with Crippen LogP contribution in [0.15, 0.2) is 29.1 Å². The Labute approximate surface area is 125 Å². The SMILES string of the molecule is Cn1c(=O)c2c(c3ccccc31)O[C@@H]1CCC[C@H]2C1Br. The van der Waals surface area contributed by atoms with Gasteiger partial charge in [-0.05, 0) is 31.4 Å². The summed E-state index contributed by atoms with van der Waals surface area (Å²) < 4.78 is 7.96. The summed E-state index contributed by atoms with van der Waals surface area (Å²) >= 11 is 3.75. The predicted octanol–water partition coefficient (Wildman–Crippen LogP) is 3.33. The van der Waals surface area contributed by atoms with Crippen molar-refractivity contribution in [2.75, 3.05) is 0 Å². The Kier molecular flexibility index (Phi) is 2.71. The van der Waals surface area contributed by atoms with Crippen molar-refractivity contribution in [3.63, 3.8) is 0 Å². The first-order valence-corrected chi connectivity index (χ1v) is 8.02. The van der Waals surface area contributed by atoms with Crippen LogP contribution < -0.4 is 10.3 Å². The van der Waals surface area contributed by atoms with Gasteiger partial charge in [-0.2, -0.15) is 0 Å². The van der Waals surface area contributed by atoms with E-state index in [1.807, 2.05) is 25.2 Å². The molecule has 1 aliphatic heterocycles. The minimum Gasteiger partial charge on any atom is -0.488 e. The molecule has 2 aromatic rings. The summed E-state index contributed by atoms with van der Waals surface area (Å²) in [5, 5.41) is 1.06. The molecule has 104 valence electrons. The van der Waals surface area contributed by atoms with Crippen molar-refractivity contribution >= 4 is 26.8 Å². The van der Waals surface area contributed by atoms with E-state index in [1.54, 1.807) is 4.57 Å². The van der Waals surface area contributed by atoms with E-state index < -0.39 is 0 Å². The van der Waals surface area contributed by atoms with E-state index in [-0.39, 0.29) is 22.4 Å². The molecule has 2 heterocycles. The lowest BCUT2D eigenvalue weighted by atomic mass is 9.80. The number of hydrogen-bond donors (Lipinski definition) is 0. The monoisotopic (exact) mass is 333 g/mol. The molecule has 2 aliphatic rings. The molecule has 1 fully saturated rings. The summed E-state index contributed by atoms with van der Waals surface area (Å²) in [6, 6.07) is 8.01. The molecule has 3 atom stereocenters. The lowest BCUT2D eigenvalue weighted by molar-refractivity contribution is 0.130. The van der Waals surface area contributed by atoms with Crippen LogP contribution in [-0.2, 0) is 7.05 Å². The topological polar surface area (TPSA) is 31.2 Å². The molecule has 1 aromatic heterocycles. The first-order chi connectivity index (χ1) is 9.68. The van der Waals surface area contributed by atoms with Crippen LogP contribution in [0.2, 0.25) is 0 Å². The Bertz CT molecular complexity index is 752. The van der Waals surface area contributed by atoms with Crippen molar-refractivity contribution in [1.82, 2.24) is 4.57 Å². The molecule has 1 aliphatic carbocycles. The van der Waals surface area contributed by atoms with Gasteiger partial charge in [0, 0.05) is 18.4 Å². The third-order valence-electron chi connectivity index (χ3n) is 4.67. The number of para-hydroxylation sites is 1. The van der Waals surface area contributed by atoms with Gasteiger partial charge in [-0.15, -0.1) is 0 Å². The van der Waals surface area contributed by atoms with Crippen LogP contribution in [0.5, 0.6) is 5.75 Å². The first kappa shape index (κ1) is 12.5. The highest BCUT2D eigenvalue weighted by Gasteiger charge is 2.42. The summed E-state index contributed by atoms with van der Waals surface area (Å²) in [5.41, 5.74) is 1.90. The van der Waals surface area contributed by atoms with Crippen molar-refractivity contribution in [1.29, 1.82) is 0 Å². The highest BCUT2D eigenvalue weighted by molar-refractivity contribution is 9.09. The van der Waals surface area contributed by atoms with Crippen molar-refractivity contribution in [2.45, 2.75) is 36.1 Å². The van der Waals surface area contributed by atoms with Crippen LogP contribution in [0.4, 0.5) is 0 Å². The van der Waals surface area contributed by atoms with Gasteiger partial charge in [0.05, 0.1) is 15.9 Å². The van der Waals surface area contributed by atoms with Gasteiger partial charge >= 0.3 is 0 Å². The van der Waals surface area contributed by atoms with Crippen LogP contribution in [0.1, 0.15) is 30.7 Å². The van der Waals surface area contributed by atoms with E-state index in [4.69, 9.17) is 4.74 Å². The minimum atomic E-state index is 0.0912. The second-order valence-electron chi connectivity index (χ2n) is 5.76. The number of nitrogens with zero attached hydrogens (tertiary/aromatic N) is 1. The van der Waals surface area contributed by atoms with Gasteiger partial charge < -0.3 is 9.30 Å². The number of halogens is 1. The fraction of sp³-hybridized carbons (Fsp3) is 0.438. The average Bonchev–Trinajstić information content (AvgIpc) is 2.45. The molecule has 1 aromatic carbocycles. The van der Waals surface area contributed by atoms with Crippen molar-refractivity contribution in [3.05, 3.63) is 40.2 Å². The molecule has 0 saturated heterocycles. The zero-order chi connectivity index (χ0) is 13.9. The number of aryl methyl sites for hydroxylation is 1. The summed E-state index contributed by atoms with van der Waals surface area (Å²) in [6.07, 6.45) is 3.45. The number of rotatable bonds is 0. The molecule has 4 rings (SSSR count). The fourth-order valence-corrected chi connectivity index (χ4v) is 4.54. The molecule has 1 unspecified atom stereocenters. The van der Waals surface area contributed by atoms with E-state index in [0.29, 0.717) is 0 Å². The number of ether oxygens (including phenoxy) is 1. The van der Waals surface area contributed by atoms with E-state index in [2.05, 4.69) is 22.0 Å². The molecule has 2 bridgehead atoms. The minimum absolute atomic E-state index is 0.0912. The molecule has 20 heavy (non-hydrogen) atoms. The number of aromatic nitrogens is 1. The number of fused-ring (bicyclic) bond motifs is 6. The molecular formula is C16H16BrNO2. The second-order valence-corrected chi connectivity index (χ2v) is 6.82. The highest BCUT2D eigenvalue weighted by Crippen LogP contribution is 2.47. The van der Waals surface area contributed by atoms with Gasteiger partial charge in [0.1, 0.15) is 11.9 Å². The number of benzene rings is 1. The van der Waals surface area contributed by atoms with Gasteiger partial charge in [0.25, 0.3) is 5.56 Å². The largest absolute Gasteiger partial charge is 0.488 e. The normalized spacial score (nSPS) is 28.0. The Morgan fingerprint density at radius 3 is 2.95 bits per heavy atom. The third-order valence-corrected chi connectivity index (χ3v) is 5.90. The summed E-state index contributed by atoms with van der Waals surface area (Å²) in [7, 11) is 1.85. The number of pyridine rings is 1. The van der Waals surface area contributed by atoms with E-state index in [0.717, 1.165) is 41.5 Å². The Hall–Kier alpha value is -1.29. The maximum Gasteiger partial charge on any atom is 0.258 e. The maximum absolute atomic E-state index is 12.7. The van der Waals surface area contributed by atoms with Crippen LogP contribution in [0.25, 0.3) is 10.9 Å². The van der Waals surface area contributed by atoms with Gasteiger partial charge in [-0.3, -0.25) is 4.79 Å². The Morgan fingerprint density at radius 1 is 1.30 bits per heavy atom. The quantitative estimate of drug-likeness (QED) is 0.692. The van der Waals surface area contributed by atoms with Crippen molar-refractivity contribution in [2.24, 2.45) is 7.05 Å². The van der Waals surface area contributed by atoms with Gasteiger partial charge in [-0.25, -0.2) is 0 Å². The summed E-state index contributed by atoms with van der Waals surface area (Å²) in [6.45, 7) is 0. The van der Waals surface area contributed by atoms with E-state index in [1.165, 1.54) is 0 Å². The van der Waals surface area contributed by atoms with Gasteiger partial charge in [0.2, 0.25) is 0 Å². The highest BCUT2D eigenvalue weighted by atomic mass is 79.9. The molecule has 1 saturated carbocycles. The number of alkyl halides is 1. The van der Waals surface area contributed by atoms with Crippen LogP contribution in [0.3, 0.4) is 0 Å². The summed E-state index contributed by atoms with van der Waals surface area (Å²) in [5.74, 6) is 1.11. The molecule has 0 N–H and O–H groups in total. The molecule has 0 radical (unpaired) electrons. The number of hydrogen-bond acceptors (Lipinski definition) is 2. The van der Waals surface area contributed by atoms with Crippen molar-refractivity contribution in [3.8, 4) is 5.75 Å². The zero-order valence-electron chi connectivity index (χ0n) is 11.3. The molecule has 3 nitrogen and oxygen atoms in total. The fourth-order valence-electron chi connectivity index (χ4n) is 3.64. The van der Waals surface area contributed by atoms with E-state index in [9.17, 15) is 4.79 Å². The Morgan fingerprint density at radius 2 is 2.10 bits per heavy atom. The van der Waals surface area contributed by atoms with Crippen LogP contribution >= 0.6 is 15.9 Å². The van der Waals surface area contributed by atoms with Gasteiger partial charge in [-0.1, -0.05) is 28.1 Å². The third kappa shape index (κ3) is 1.54. The summed E-state index contributed by atoms with van der Waals surface area (Å²) in [4.78, 5) is 13.0. The van der Waals surface area contributed by atoms with Crippen LogP contribution in [-0.4, -0.2) is 15.5 Å². The second kappa shape index (κ2) is 4.35. The van der Waals surface area contributed by atoms with Gasteiger partial charge in [0.15, 0.2) is 0 Å². The van der Waals surface area contributed by atoms with Crippen molar-refractivity contribution < 1.29 is 4.74 Å². The molecule has 0 amide bonds. The Balaban J connectivity index is 2.10. The smallest absolute Gasteiger partial charge is 0.258 e. The molecular weight excluding hydrogens is 318 g/mol. The van der Waals surface area contributed by atoms with E-state index >= 15 is 0 Å². The zero-order valence-corrected chi connectivity index (χ0v) is 12.9. The lowest BCUT2D eigenvalue weighted by Crippen LogP contribution is -2.43.